The fourth-order valence-electron chi connectivity index (χ4n) is 0.808. The highest BCUT2D eigenvalue weighted by molar-refractivity contribution is 6.68. The normalized spacial score (nSPS) is 8.62. The highest BCUT2D eigenvalue weighted by Crippen LogP contribution is 2.19. The van der Waals surface area contributed by atoms with Crippen LogP contribution in [0, 0.1) is 6.92 Å². The first kappa shape index (κ1) is 12.0. The number of benzene rings is 1. The Labute approximate surface area is 83.2 Å². The number of aryl methyl sites for hydroxylation is 1. The highest BCUT2D eigenvalue weighted by atomic mass is 35.5. The van der Waals surface area contributed by atoms with E-state index in [0.717, 1.165) is 5.56 Å². The number of rotatable bonds is 1. The van der Waals surface area contributed by atoms with Crippen molar-refractivity contribution in [1.82, 2.24) is 0 Å². The Morgan fingerprint density at radius 2 is 1.92 bits per heavy atom. The highest BCUT2D eigenvalue weighted by Gasteiger charge is 2.06. The van der Waals surface area contributed by atoms with Crippen LogP contribution in [0.3, 0.4) is 0 Å². The average molecular weight is 201 g/mol. The van der Waals surface area contributed by atoms with E-state index in [1.54, 1.807) is 6.07 Å². The molecule has 0 bridgehead atoms. The third-order valence-electron chi connectivity index (χ3n) is 1.36. The number of phenolic OH excluding ortho intramolecular Hbond substituents is 1. The minimum Gasteiger partial charge on any atom is -0.507 e. The number of hydrogen-bond acceptors (Lipinski definition) is 2. The molecule has 72 valence electrons. The van der Waals surface area contributed by atoms with E-state index in [1.165, 1.54) is 12.1 Å². The van der Waals surface area contributed by atoms with Gasteiger partial charge in [-0.05, 0) is 36.2 Å². The summed E-state index contributed by atoms with van der Waals surface area (Å²) in [5.41, 5.74) is 1.04. The van der Waals surface area contributed by atoms with Crippen LogP contribution >= 0.6 is 11.6 Å². The van der Waals surface area contributed by atoms with Gasteiger partial charge in [0, 0.05) is 0 Å². The van der Waals surface area contributed by atoms with Gasteiger partial charge >= 0.3 is 0 Å². The van der Waals surface area contributed by atoms with Crippen LogP contribution in [0.5, 0.6) is 5.75 Å². The SMILES string of the molecule is CC.Cc1ccc(C(=O)Cl)c(O)c1. The van der Waals surface area contributed by atoms with E-state index in [1.807, 2.05) is 20.8 Å². The molecule has 0 unspecified atom stereocenters. The van der Waals surface area contributed by atoms with E-state index >= 15 is 0 Å². The molecular formula is C10H13ClO2. The minimum absolute atomic E-state index is 0.0648. The van der Waals surface area contributed by atoms with Crippen molar-refractivity contribution < 1.29 is 9.90 Å². The quantitative estimate of drug-likeness (QED) is 0.708. The van der Waals surface area contributed by atoms with Crippen LogP contribution in [0.1, 0.15) is 29.8 Å². The number of aromatic hydroxyl groups is 1. The molecule has 0 amide bonds. The molecule has 1 aromatic rings. The summed E-state index contributed by atoms with van der Waals surface area (Å²) in [4.78, 5) is 10.6. The zero-order valence-corrected chi connectivity index (χ0v) is 8.72. The zero-order chi connectivity index (χ0) is 10.4. The predicted molar refractivity (Wildman–Crippen MR) is 54.4 cm³/mol. The first-order valence-corrected chi connectivity index (χ1v) is 4.48. The second-order valence-electron chi connectivity index (χ2n) is 2.29. The Morgan fingerprint density at radius 3 is 2.31 bits per heavy atom. The number of hydrogen-bond donors (Lipinski definition) is 1. The van der Waals surface area contributed by atoms with Gasteiger partial charge in [-0.15, -0.1) is 0 Å². The van der Waals surface area contributed by atoms with Crippen LogP contribution in [0.15, 0.2) is 18.2 Å². The van der Waals surface area contributed by atoms with Crippen LogP contribution in [-0.2, 0) is 0 Å². The van der Waals surface area contributed by atoms with Crippen molar-refractivity contribution in [1.29, 1.82) is 0 Å². The smallest absolute Gasteiger partial charge is 0.256 e. The van der Waals surface area contributed by atoms with Crippen LogP contribution < -0.4 is 0 Å². The summed E-state index contributed by atoms with van der Waals surface area (Å²) >= 11 is 5.16. The molecule has 0 saturated heterocycles. The van der Waals surface area contributed by atoms with Gasteiger partial charge < -0.3 is 5.11 Å². The topological polar surface area (TPSA) is 37.3 Å². The molecule has 1 aromatic carbocycles. The summed E-state index contributed by atoms with van der Waals surface area (Å²) in [5, 5.41) is 8.52. The van der Waals surface area contributed by atoms with E-state index < -0.39 is 5.24 Å². The van der Waals surface area contributed by atoms with E-state index in [0.29, 0.717) is 0 Å². The molecule has 0 atom stereocenters. The van der Waals surface area contributed by atoms with Gasteiger partial charge in [-0.25, -0.2) is 0 Å². The van der Waals surface area contributed by atoms with E-state index in [2.05, 4.69) is 0 Å². The molecule has 2 nitrogen and oxygen atoms in total. The lowest BCUT2D eigenvalue weighted by Gasteiger charge is -1.98. The molecule has 0 aromatic heterocycles. The minimum atomic E-state index is -0.637. The summed E-state index contributed by atoms with van der Waals surface area (Å²) in [6, 6.07) is 4.71. The van der Waals surface area contributed by atoms with Crippen molar-refractivity contribution >= 4 is 16.8 Å². The van der Waals surface area contributed by atoms with Gasteiger partial charge in [-0.2, -0.15) is 0 Å². The lowest BCUT2D eigenvalue weighted by Crippen LogP contribution is -1.89. The van der Waals surface area contributed by atoms with E-state index in [-0.39, 0.29) is 11.3 Å². The van der Waals surface area contributed by atoms with Gasteiger partial charge in [0.2, 0.25) is 0 Å². The summed E-state index contributed by atoms with van der Waals surface area (Å²) in [6.07, 6.45) is 0. The Balaban J connectivity index is 0.000000671. The number of carbonyl (C=O) groups excluding carboxylic acids is 1. The molecule has 0 aliphatic carbocycles. The predicted octanol–water partition coefficient (Wildman–Crippen LogP) is 3.11. The van der Waals surface area contributed by atoms with Crippen LogP contribution in [0.2, 0.25) is 0 Å². The number of halogens is 1. The molecule has 13 heavy (non-hydrogen) atoms. The van der Waals surface area contributed by atoms with Gasteiger partial charge in [0.15, 0.2) is 0 Å². The van der Waals surface area contributed by atoms with Crippen LogP contribution in [0.4, 0.5) is 0 Å². The van der Waals surface area contributed by atoms with Crippen LogP contribution in [0.25, 0.3) is 0 Å². The van der Waals surface area contributed by atoms with Gasteiger partial charge in [0.25, 0.3) is 5.24 Å². The molecule has 1 N–H and O–H groups in total. The van der Waals surface area contributed by atoms with Gasteiger partial charge in [-0.3, -0.25) is 4.79 Å². The third-order valence-corrected chi connectivity index (χ3v) is 1.57. The van der Waals surface area contributed by atoms with E-state index in [4.69, 9.17) is 16.7 Å². The van der Waals surface area contributed by atoms with Crippen molar-refractivity contribution in [3.63, 3.8) is 0 Å². The fraction of sp³-hybridized carbons (Fsp3) is 0.300. The molecule has 0 aliphatic heterocycles. The molecule has 0 fully saturated rings. The summed E-state index contributed by atoms with van der Waals surface area (Å²) in [7, 11) is 0. The molecule has 3 heteroatoms. The van der Waals surface area contributed by atoms with Crippen molar-refractivity contribution in [2.45, 2.75) is 20.8 Å². The number of phenols is 1. The van der Waals surface area contributed by atoms with Gasteiger partial charge in [-0.1, -0.05) is 19.9 Å². The monoisotopic (exact) mass is 200 g/mol. The molecule has 0 heterocycles. The molecule has 0 aliphatic rings. The molecule has 0 saturated carbocycles. The first-order valence-electron chi connectivity index (χ1n) is 4.10. The maximum Gasteiger partial charge on any atom is 0.256 e. The van der Waals surface area contributed by atoms with Crippen molar-refractivity contribution in [2.75, 3.05) is 0 Å². The standard InChI is InChI=1S/C8H7ClO2.C2H6/c1-5-2-3-6(8(9)11)7(10)4-5;1-2/h2-4,10H,1H3;1-2H3. The lowest BCUT2D eigenvalue weighted by molar-refractivity contribution is 0.107. The summed E-state index contributed by atoms with van der Waals surface area (Å²) < 4.78 is 0. The Morgan fingerprint density at radius 1 is 1.38 bits per heavy atom. The first-order chi connectivity index (χ1) is 6.11. The molecule has 0 spiro atoms. The maximum absolute atomic E-state index is 10.6. The van der Waals surface area contributed by atoms with E-state index in [9.17, 15) is 4.79 Å². The lowest BCUT2D eigenvalue weighted by atomic mass is 10.1. The number of carbonyl (C=O) groups is 1. The molecular weight excluding hydrogens is 188 g/mol. The van der Waals surface area contributed by atoms with Crippen molar-refractivity contribution in [2.24, 2.45) is 0 Å². The maximum atomic E-state index is 10.6. The molecule has 0 radical (unpaired) electrons. The summed E-state index contributed by atoms with van der Waals surface area (Å²) in [6.45, 7) is 5.82. The Kier molecular flexibility index (Phi) is 5.16. The Hall–Kier alpha value is -1.02. The fourth-order valence-corrected chi connectivity index (χ4v) is 0.968. The second-order valence-corrected chi connectivity index (χ2v) is 2.64. The zero-order valence-electron chi connectivity index (χ0n) is 7.97. The summed E-state index contributed by atoms with van der Waals surface area (Å²) in [5.74, 6) is -0.0648. The third kappa shape index (κ3) is 3.47. The van der Waals surface area contributed by atoms with Gasteiger partial charge in [0.1, 0.15) is 5.75 Å². The largest absolute Gasteiger partial charge is 0.507 e. The second kappa shape index (κ2) is 5.60. The van der Waals surface area contributed by atoms with Crippen molar-refractivity contribution in [3.05, 3.63) is 29.3 Å². The molecule has 1 rings (SSSR count). The van der Waals surface area contributed by atoms with Crippen molar-refractivity contribution in [3.8, 4) is 5.75 Å². The van der Waals surface area contributed by atoms with Gasteiger partial charge in [0.05, 0.1) is 5.56 Å². The average Bonchev–Trinajstić information content (AvgIpc) is 2.07. The van der Waals surface area contributed by atoms with Crippen LogP contribution in [-0.4, -0.2) is 10.3 Å². The Bertz CT molecular complexity index is 295.